The van der Waals surface area contributed by atoms with Crippen LogP contribution in [0.4, 0.5) is 5.69 Å². The van der Waals surface area contributed by atoms with E-state index in [0.717, 1.165) is 4.68 Å². The number of amides is 1. The first-order chi connectivity index (χ1) is 14.4. The number of pyridine rings is 1. The fraction of sp³-hybridized carbons (Fsp3) is 0.118. The molecule has 1 aromatic heterocycles. The number of anilines is 1. The Morgan fingerprint density at radius 1 is 1.50 bits per heavy atom. The predicted octanol–water partition coefficient (Wildman–Crippen LogP) is 1.32. The van der Waals surface area contributed by atoms with E-state index in [-0.39, 0.29) is 45.9 Å². The maximum Gasteiger partial charge on any atom is 0.274 e. The number of nitrogens with one attached hydrogen (secondary N) is 3. The molecule has 30 heavy (non-hydrogen) atoms. The lowest BCUT2D eigenvalue weighted by atomic mass is 9.80. The van der Waals surface area contributed by atoms with Crippen molar-refractivity contribution in [1.29, 1.82) is 10.8 Å². The van der Waals surface area contributed by atoms with Crippen LogP contribution < -0.4 is 22.1 Å². The van der Waals surface area contributed by atoms with Crippen molar-refractivity contribution in [2.45, 2.75) is 5.92 Å². The number of nitrogen functional groups attached to an aromatic ring is 1. The Balaban J connectivity index is 2.38. The number of phenolic OH excluding ortho intramolecular Hbond substituents is 1. The molecule has 0 fully saturated rings. The highest BCUT2D eigenvalue weighted by Gasteiger charge is 2.37. The smallest absolute Gasteiger partial charge is 0.274 e. The Hall–Kier alpha value is -4.82. The highest BCUT2D eigenvalue weighted by molar-refractivity contribution is 5.98. The summed E-state index contributed by atoms with van der Waals surface area (Å²) in [6.45, 7) is -0.282. The molecular formula is C17H14N10O3. The molecule has 2 aromatic rings. The molecule has 1 aliphatic heterocycles. The number of aromatic nitrogens is 1. The lowest BCUT2D eigenvalue weighted by Crippen LogP contribution is -2.37. The van der Waals surface area contributed by atoms with E-state index in [9.17, 15) is 14.7 Å². The molecule has 3 rings (SSSR count). The second-order valence-corrected chi connectivity index (χ2v) is 6.13. The quantitative estimate of drug-likeness (QED) is 0.162. The molecule has 2 heterocycles. The summed E-state index contributed by atoms with van der Waals surface area (Å²) in [5, 5.41) is 28.8. The molecule has 1 unspecified atom stereocenters. The number of nitriles is 1. The van der Waals surface area contributed by atoms with E-state index in [1.165, 1.54) is 30.5 Å². The minimum atomic E-state index is -1.15. The Morgan fingerprint density at radius 2 is 2.27 bits per heavy atom. The topological polar surface area (TPSA) is 218 Å². The molecule has 1 aromatic carbocycles. The van der Waals surface area contributed by atoms with Crippen molar-refractivity contribution in [1.82, 2.24) is 10.1 Å². The van der Waals surface area contributed by atoms with Crippen LogP contribution in [-0.2, 0) is 4.79 Å². The number of aromatic hydroxyl groups is 1. The molecular weight excluding hydrogens is 392 g/mol. The van der Waals surface area contributed by atoms with E-state index in [1.54, 1.807) is 0 Å². The Morgan fingerprint density at radius 3 is 2.90 bits per heavy atom. The Bertz CT molecular complexity index is 1230. The van der Waals surface area contributed by atoms with Crippen LogP contribution in [0.25, 0.3) is 10.4 Å². The summed E-state index contributed by atoms with van der Waals surface area (Å²) in [6.07, 6.45) is 1.30. The zero-order chi connectivity index (χ0) is 21.8. The van der Waals surface area contributed by atoms with Crippen molar-refractivity contribution in [3.05, 3.63) is 79.2 Å². The second-order valence-electron chi connectivity index (χ2n) is 6.13. The zero-order valence-electron chi connectivity index (χ0n) is 15.2. The SMILES string of the molecule is N#Cc1ccc(C2C(C(=O)NN=N)=C(CN=[N+]=[N-])Nc3ccn(N)c(=O)c32)c(O)c1. The minimum Gasteiger partial charge on any atom is -0.508 e. The summed E-state index contributed by atoms with van der Waals surface area (Å²) >= 11 is 0. The molecule has 0 radical (unpaired) electrons. The van der Waals surface area contributed by atoms with Crippen LogP contribution >= 0.6 is 0 Å². The second kappa shape index (κ2) is 8.05. The third kappa shape index (κ3) is 3.37. The van der Waals surface area contributed by atoms with Crippen molar-refractivity contribution in [3.8, 4) is 11.8 Å². The normalized spacial score (nSPS) is 14.6. The molecule has 0 spiro atoms. The number of benzene rings is 1. The Kier molecular flexibility index (Phi) is 5.35. The van der Waals surface area contributed by atoms with Gasteiger partial charge in [-0.05, 0) is 23.7 Å². The lowest BCUT2D eigenvalue weighted by Gasteiger charge is -2.30. The largest absolute Gasteiger partial charge is 0.508 e. The van der Waals surface area contributed by atoms with Gasteiger partial charge in [0.2, 0.25) is 0 Å². The van der Waals surface area contributed by atoms with Crippen molar-refractivity contribution in [2.24, 2.45) is 10.3 Å². The van der Waals surface area contributed by atoms with E-state index in [1.807, 2.05) is 11.5 Å². The molecule has 0 saturated heterocycles. The van der Waals surface area contributed by atoms with Gasteiger partial charge in [-0.2, -0.15) is 10.8 Å². The van der Waals surface area contributed by atoms with Crippen LogP contribution in [0.15, 0.2) is 56.9 Å². The molecule has 13 nitrogen and oxygen atoms in total. The van der Waals surface area contributed by atoms with Gasteiger partial charge in [-0.3, -0.25) is 9.59 Å². The van der Waals surface area contributed by atoms with Gasteiger partial charge in [-0.15, -0.1) is 0 Å². The van der Waals surface area contributed by atoms with Gasteiger partial charge in [0, 0.05) is 28.1 Å². The van der Waals surface area contributed by atoms with Crippen LogP contribution in [-0.4, -0.2) is 22.2 Å². The lowest BCUT2D eigenvalue weighted by molar-refractivity contribution is -0.117. The number of carbonyl (C=O) groups excluding carboxylic acids is 1. The maximum absolute atomic E-state index is 12.8. The van der Waals surface area contributed by atoms with Crippen molar-refractivity contribution >= 4 is 11.6 Å². The van der Waals surface area contributed by atoms with Gasteiger partial charge in [0.15, 0.2) is 0 Å². The summed E-state index contributed by atoms with van der Waals surface area (Å²) in [5.74, 6) is 3.36. The third-order valence-corrected chi connectivity index (χ3v) is 4.51. The molecule has 0 bridgehead atoms. The number of carbonyl (C=O) groups is 1. The molecule has 0 saturated carbocycles. The van der Waals surface area contributed by atoms with E-state index >= 15 is 0 Å². The number of nitrogens with zero attached hydrogens (tertiary/aromatic N) is 6. The average molecular weight is 406 g/mol. The number of hydrogen-bond acceptors (Lipinski definition) is 9. The highest BCUT2D eigenvalue weighted by atomic mass is 16.3. The van der Waals surface area contributed by atoms with Gasteiger partial charge in [0.05, 0.1) is 35.2 Å². The molecule has 1 aliphatic rings. The molecule has 6 N–H and O–H groups in total. The van der Waals surface area contributed by atoms with Crippen LogP contribution in [0.1, 0.15) is 22.6 Å². The predicted molar refractivity (Wildman–Crippen MR) is 103 cm³/mol. The fourth-order valence-electron chi connectivity index (χ4n) is 3.28. The summed E-state index contributed by atoms with van der Waals surface area (Å²) in [7, 11) is 0. The molecule has 1 amide bonds. The monoisotopic (exact) mass is 406 g/mol. The maximum atomic E-state index is 12.8. The van der Waals surface area contributed by atoms with Crippen LogP contribution in [0.5, 0.6) is 5.75 Å². The van der Waals surface area contributed by atoms with Crippen LogP contribution in [0, 0.1) is 16.9 Å². The zero-order valence-corrected chi connectivity index (χ0v) is 15.2. The van der Waals surface area contributed by atoms with Crippen LogP contribution in [0.2, 0.25) is 0 Å². The summed E-state index contributed by atoms with van der Waals surface area (Å²) in [5.41, 5.74) is 17.6. The van der Waals surface area contributed by atoms with Crippen molar-refractivity contribution in [3.63, 3.8) is 0 Å². The number of azide groups is 1. The van der Waals surface area contributed by atoms with Gasteiger partial charge >= 0.3 is 0 Å². The number of fused-ring (bicyclic) bond motifs is 1. The van der Waals surface area contributed by atoms with E-state index < -0.39 is 17.4 Å². The van der Waals surface area contributed by atoms with Crippen molar-refractivity contribution < 1.29 is 9.90 Å². The van der Waals surface area contributed by atoms with Gasteiger partial charge < -0.3 is 16.3 Å². The summed E-state index contributed by atoms with van der Waals surface area (Å²) in [6, 6.07) is 7.38. The third-order valence-electron chi connectivity index (χ3n) is 4.51. The van der Waals surface area contributed by atoms with Gasteiger partial charge in [-0.1, -0.05) is 16.4 Å². The number of nitrogens with two attached hydrogens (primary N) is 1. The van der Waals surface area contributed by atoms with Crippen molar-refractivity contribution in [2.75, 3.05) is 17.7 Å². The molecule has 1 atom stereocenters. The number of hydrogen-bond donors (Lipinski definition) is 5. The highest BCUT2D eigenvalue weighted by Crippen LogP contribution is 2.43. The van der Waals surface area contributed by atoms with E-state index in [0.29, 0.717) is 0 Å². The fourth-order valence-corrected chi connectivity index (χ4v) is 3.28. The first-order valence-electron chi connectivity index (χ1n) is 8.34. The first kappa shape index (κ1) is 19.9. The summed E-state index contributed by atoms with van der Waals surface area (Å²) < 4.78 is 0.816. The minimum absolute atomic E-state index is 0.0415. The van der Waals surface area contributed by atoms with Gasteiger partial charge in [0.1, 0.15) is 5.75 Å². The molecule has 0 aliphatic carbocycles. The van der Waals surface area contributed by atoms with Gasteiger partial charge in [0.25, 0.3) is 11.5 Å². The molecule has 13 heteroatoms. The van der Waals surface area contributed by atoms with Crippen LogP contribution in [0.3, 0.4) is 0 Å². The first-order valence-corrected chi connectivity index (χ1v) is 8.34. The molecule has 150 valence electrons. The standard InChI is InChI=1S/C17H14N10O3/c18-6-8-1-2-9(12(28)5-8)13-14(16(29)24-26-20)11(7-22-25-19)23-10-3-4-27(21)17(30)15(10)13/h1-5,13,23,28H,7,21H2,(H2,20,24,29). The van der Waals surface area contributed by atoms with E-state index in [4.69, 9.17) is 22.2 Å². The number of rotatable bonds is 5. The average Bonchev–Trinajstić information content (AvgIpc) is 2.74. The summed E-state index contributed by atoms with van der Waals surface area (Å²) in [4.78, 5) is 28.3. The van der Waals surface area contributed by atoms with E-state index in [2.05, 4.69) is 20.6 Å². The van der Waals surface area contributed by atoms with Gasteiger partial charge in [-0.25, -0.2) is 10.1 Å². The Labute approximate surface area is 168 Å². The number of phenols is 1.